The number of ether oxygens (including phenoxy) is 1. The van der Waals surface area contributed by atoms with Gasteiger partial charge >= 0.3 is 6.09 Å². The van der Waals surface area contributed by atoms with Gasteiger partial charge in [-0.2, -0.15) is 0 Å². The van der Waals surface area contributed by atoms with Gasteiger partial charge in [0.15, 0.2) is 0 Å². The van der Waals surface area contributed by atoms with Gasteiger partial charge in [0.2, 0.25) is 5.91 Å². The summed E-state index contributed by atoms with van der Waals surface area (Å²) in [6.45, 7) is 9.95. The van der Waals surface area contributed by atoms with E-state index in [1.54, 1.807) is 0 Å². The second kappa shape index (κ2) is 11.6. The van der Waals surface area contributed by atoms with Gasteiger partial charge in [-0.3, -0.25) is 9.69 Å². The van der Waals surface area contributed by atoms with Gasteiger partial charge in [-0.25, -0.2) is 14.8 Å². The summed E-state index contributed by atoms with van der Waals surface area (Å²) in [7, 11) is 0. The molecule has 53 heavy (non-hydrogen) atoms. The molecule has 2 aromatic heterocycles. The summed E-state index contributed by atoms with van der Waals surface area (Å²) < 4.78 is 5.78. The second-order valence-electron chi connectivity index (χ2n) is 17.2. The highest BCUT2D eigenvalue weighted by molar-refractivity contribution is 6.05. The van der Waals surface area contributed by atoms with Crippen LogP contribution in [0, 0.1) is 29.6 Å². The molecule has 9 heteroatoms. The van der Waals surface area contributed by atoms with Crippen molar-refractivity contribution in [1.82, 2.24) is 29.7 Å². The Kier molecular flexibility index (Phi) is 7.05. The molecular formula is C44H44N6O3. The number of rotatable bonds is 4. The molecule has 2 saturated carbocycles. The maximum absolute atomic E-state index is 13.2. The Hall–Kier alpha value is -5.36. The highest BCUT2D eigenvalue weighted by Gasteiger charge is 2.56. The number of H-pyrrole nitrogens is 2. The monoisotopic (exact) mass is 704 g/mol. The number of amides is 2. The lowest BCUT2D eigenvalue weighted by molar-refractivity contribution is -0.134. The fourth-order valence-electron chi connectivity index (χ4n) is 9.05. The fourth-order valence-corrected chi connectivity index (χ4v) is 9.05. The van der Waals surface area contributed by atoms with Gasteiger partial charge in [-0.1, -0.05) is 50.0 Å². The zero-order valence-electron chi connectivity index (χ0n) is 30.9. The number of likely N-dealkylation sites (tertiary alicyclic amines) is 2. The summed E-state index contributed by atoms with van der Waals surface area (Å²) in [4.78, 5) is 47.7. The SMILES string of the molecule is CC(C)CC(=O)N1C2CC2C[C@H]1c1nc2c(ccc3cc(C#Cc4ccc5c(ccc6[nH]c([C@@H]7CC8CC8N7C(=O)OC(C)(C)C)nc65)c4)ccc32)[nH]1. The molecule has 0 spiro atoms. The Labute approximate surface area is 308 Å². The van der Waals surface area contributed by atoms with Crippen molar-refractivity contribution in [3.8, 4) is 11.8 Å². The minimum absolute atomic E-state index is 0.0260. The molecule has 2 N–H and O–H groups in total. The molecule has 6 atom stereocenters. The molecule has 2 amide bonds. The molecule has 4 heterocycles. The number of piperidine rings is 2. The van der Waals surface area contributed by atoms with Gasteiger partial charge in [-0.15, -0.1) is 0 Å². The molecule has 10 rings (SSSR count). The lowest BCUT2D eigenvalue weighted by Gasteiger charge is -2.29. The van der Waals surface area contributed by atoms with Gasteiger partial charge in [-0.05, 0) is 111 Å². The molecule has 2 aliphatic carbocycles. The molecule has 4 unspecified atom stereocenters. The minimum atomic E-state index is -0.542. The van der Waals surface area contributed by atoms with Crippen LogP contribution < -0.4 is 0 Å². The zero-order valence-corrected chi connectivity index (χ0v) is 30.9. The van der Waals surface area contributed by atoms with Gasteiger partial charge in [0, 0.05) is 40.4 Å². The maximum atomic E-state index is 13.2. The van der Waals surface area contributed by atoms with E-state index in [1.165, 1.54) is 0 Å². The van der Waals surface area contributed by atoms with E-state index in [-0.39, 0.29) is 30.1 Å². The first-order valence-electron chi connectivity index (χ1n) is 19.2. The Morgan fingerprint density at radius 3 is 1.77 bits per heavy atom. The third-order valence-corrected chi connectivity index (χ3v) is 11.6. The van der Waals surface area contributed by atoms with Gasteiger partial charge < -0.3 is 19.6 Å². The summed E-state index contributed by atoms with van der Waals surface area (Å²) >= 11 is 0. The number of aromatic nitrogens is 4. The highest BCUT2D eigenvalue weighted by atomic mass is 16.6. The van der Waals surface area contributed by atoms with Crippen molar-refractivity contribution >= 4 is 55.6 Å². The van der Waals surface area contributed by atoms with E-state index in [1.807, 2.05) is 25.7 Å². The van der Waals surface area contributed by atoms with Crippen LogP contribution in [0.2, 0.25) is 0 Å². The average molecular weight is 705 g/mol. The first-order chi connectivity index (χ1) is 25.5. The molecule has 4 aliphatic rings. The Morgan fingerprint density at radius 1 is 0.755 bits per heavy atom. The van der Waals surface area contributed by atoms with E-state index < -0.39 is 5.60 Å². The van der Waals surface area contributed by atoms with Crippen molar-refractivity contribution in [2.24, 2.45) is 17.8 Å². The molecule has 0 radical (unpaired) electrons. The predicted octanol–water partition coefficient (Wildman–Crippen LogP) is 8.92. The van der Waals surface area contributed by atoms with Crippen LogP contribution >= 0.6 is 0 Å². The topological polar surface area (TPSA) is 107 Å². The second-order valence-corrected chi connectivity index (χ2v) is 17.2. The summed E-state index contributed by atoms with van der Waals surface area (Å²) in [6, 6.07) is 21.5. The number of benzene rings is 4. The van der Waals surface area contributed by atoms with E-state index in [0.29, 0.717) is 30.2 Å². The quantitative estimate of drug-likeness (QED) is 0.178. The standard InChI is InChI=1S/C44H44N6O3/c1-23(2)16-38(51)49-34-19-28(34)21-36(49)41-45-32-14-10-26-17-24(8-12-30(26)39(32)47-41)6-7-25-9-13-31-27(18-25)11-15-33-40(31)48-42(46-33)37-22-29-20-35(29)50(37)43(52)53-44(3,4)5/h8-15,17-18,23,28-29,34-37H,16,19-22H2,1-5H3,(H,45,47)(H,46,48)/t28?,29?,34?,35?,36-,37-/m0/s1. The van der Waals surface area contributed by atoms with Crippen LogP contribution in [-0.4, -0.2) is 59.4 Å². The number of aromatic amines is 2. The van der Waals surface area contributed by atoms with E-state index in [9.17, 15) is 9.59 Å². The van der Waals surface area contributed by atoms with Gasteiger partial charge in [0.25, 0.3) is 0 Å². The van der Waals surface area contributed by atoms with Crippen LogP contribution in [-0.2, 0) is 9.53 Å². The van der Waals surface area contributed by atoms with Crippen LogP contribution in [0.15, 0.2) is 60.7 Å². The summed E-state index contributed by atoms with van der Waals surface area (Å²) in [5, 5.41) is 4.29. The lowest BCUT2D eigenvalue weighted by Crippen LogP contribution is -2.38. The van der Waals surface area contributed by atoms with E-state index in [0.717, 1.165) is 92.1 Å². The lowest BCUT2D eigenvalue weighted by atomic mass is 10.0. The zero-order chi connectivity index (χ0) is 36.3. The number of fused-ring (bicyclic) bond motifs is 8. The average Bonchev–Trinajstić information content (AvgIpc) is 3.75. The van der Waals surface area contributed by atoms with Crippen molar-refractivity contribution in [3.63, 3.8) is 0 Å². The molecule has 6 aromatic rings. The van der Waals surface area contributed by atoms with E-state index in [4.69, 9.17) is 14.7 Å². The van der Waals surface area contributed by atoms with Gasteiger partial charge in [0.1, 0.15) is 17.2 Å². The normalized spacial score (nSPS) is 24.6. The van der Waals surface area contributed by atoms with Crippen LogP contribution in [0.5, 0.6) is 0 Å². The van der Waals surface area contributed by atoms with E-state index >= 15 is 0 Å². The van der Waals surface area contributed by atoms with Gasteiger partial charge in [0.05, 0.1) is 34.2 Å². The number of carbonyl (C=O) groups excluding carboxylic acids is 2. The van der Waals surface area contributed by atoms with Crippen molar-refractivity contribution in [3.05, 3.63) is 83.4 Å². The van der Waals surface area contributed by atoms with Crippen molar-refractivity contribution in [1.29, 1.82) is 0 Å². The number of nitrogens with zero attached hydrogens (tertiary/aromatic N) is 4. The Morgan fingerprint density at radius 2 is 1.26 bits per heavy atom. The minimum Gasteiger partial charge on any atom is -0.444 e. The molecule has 4 aromatic carbocycles. The van der Waals surface area contributed by atoms with E-state index in [2.05, 4.69) is 101 Å². The number of nitrogens with one attached hydrogen (secondary N) is 2. The molecule has 2 saturated heterocycles. The Balaban J connectivity index is 0.901. The number of hydrogen-bond donors (Lipinski definition) is 2. The van der Waals surface area contributed by atoms with Crippen molar-refractivity contribution in [2.45, 2.75) is 96.5 Å². The molecule has 4 fully saturated rings. The summed E-state index contributed by atoms with van der Waals surface area (Å²) in [5.74, 6) is 10.2. The largest absolute Gasteiger partial charge is 0.444 e. The van der Waals surface area contributed by atoms with Crippen LogP contribution in [0.4, 0.5) is 4.79 Å². The highest BCUT2D eigenvalue weighted by Crippen LogP contribution is 2.54. The molecule has 0 bridgehead atoms. The molecular weight excluding hydrogens is 661 g/mol. The van der Waals surface area contributed by atoms with Crippen molar-refractivity contribution < 1.29 is 14.3 Å². The van der Waals surface area contributed by atoms with Crippen LogP contribution in [0.1, 0.15) is 102 Å². The predicted molar refractivity (Wildman–Crippen MR) is 206 cm³/mol. The summed E-state index contributed by atoms with van der Waals surface area (Å²) in [5.41, 5.74) is 5.13. The number of hydrogen-bond acceptors (Lipinski definition) is 5. The maximum Gasteiger partial charge on any atom is 0.411 e. The molecule has 9 nitrogen and oxygen atoms in total. The van der Waals surface area contributed by atoms with Crippen molar-refractivity contribution in [2.75, 3.05) is 0 Å². The first-order valence-corrected chi connectivity index (χ1v) is 19.2. The summed E-state index contributed by atoms with van der Waals surface area (Å²) in [6.07, 6.45) is 4.39. The van der Waals surface area contributed by atoms with Crippen LogP contribution in [0.3, 0.4) is 0 Å². The fraction of sp³-hybridized carbons (Fsp3) is 0.409. The number of carbonyl (C=O) groups is 2. The Bertz CT molecular complexity index is 2560. The molecule has 268 valence electrons. The number of imidazole rings is 2. The third-order valence-electron chi connectivity index (χ3n) is 11.6. The third kappa shape index (κ3) is 5.62. The van der Waals surface area contributed by atoms with Crippen LogP contribution in [0.25, 0.3) is 43.6 Å². The first kappa shape index (κ1) is 32.3. The molecule has 2 aliphatic heterocycles. The smallest absolute Gasteiger partial charge is 0.411 e.